The zero-order chi connectivity index (χ0) is 14.5. The van der Waals surface area contributed by atoms with Gasteiger partial charge in [-0.25, -0.2) is 4.79 Å². The molecule has 1 unspecified atom stereocenters. The number of carbonyl (C=O) groups is 2. The van der Waals surface area contributed by atoms with Crippen LogP contribution in [-0.4, -0.2) is 40.1 Å². The molecule has 1 aromatic rings. The van der Waals surface area contributed by atoms with Crippen molar-refractivity contribution in [3.63, 3.8) is 0 Å². The van der Waals surface area contributed by atoms with Crippen LogP contribution in [0.2, 0.25) is 5.02 Å². The van der Waals surface area contributed by atoms with Gasteiger partial charge in [0.1, 0.15) is 0 Å². The molecule has 20 heavy (non-hydrogen) atoms. The quantitative estimate of drug-likeness (QED) is 0.890. The van der Waals surface area contributed by atoms with Gasteiger partial charge in [0.05, 0.1) is 23.2 Å². The molecular formula is C13H16ClN3O3. The zero-order valence-electron chi connectivity index (χ0n) is 10.9. The number of carboxylic acid groups (broad SMARTS) is 1. The van der Waals surface area contributed by atoms with E-state index in [4.69, 9.17) is 16.7 Å². The summed E-state index contributed by atoms with van der Waals surface area (Å²) in [5.41, 5.74) is 0.703. The largest absolute Gasteiger partial charge is 0.481 e. The average molecular weight is 298 g/mol. The molecule has 1 aliphatic heterocycles. The van der Waals surface area contributed by atoms with Crippen molar-refractivity contribution in [1.29, 1.82) is 0 Å². The van der Waals surface area contributed by atoms with Crippen molar-refractivity contribution >= 4 is 23.6 Å². The molecule has 0 aromatic carbocycles. The molecule has 0 spiro atoms. The number of hydrogen-bond acceptors (Lipinski definition) is 3. The maximum absolute atomic E-state index is 12.0. The second-order valence-corrected chi connectivity index (χ2v) is 5.19. The van der Waals surface area contributed by atoms with E-state index in [-0.39, 0.29) is 12.6 Å². The first-order valence-electron chi connectivity index (χ1n) is 6.42. The van der Waals surface area contributed by atoms with E-state index in [0.717, 1.165) is 0 Å². The fraction of sp³-hybridized carbons (Fsp3) is 0.462. The molecule has 1 aromatic heterocycles. The predicted octanol–water partition coefficient (Wildman–Crippen LogP) is 1.74. The third-order valence-electron chi connectivity index (χ3n) is 3.27. The van der Waals surface area contributed by atoms with Gasteiger partial charge >= 0.3 is 12.0 Å². The van der Waals surface area contributed by atoms with Crippen molar-refractivity contribution in [2.75, 3.05) is 13.1 Å². The molecule has 7 heteroatoms. The van der Waals surface area contributed by atoms with Crippen LogP contribution >= 0.6 is 11.6 Å². The number of nitrogens with zero attached hydrogens (tertiary/aromatic N) is 2. The van der Waals surface area contributed by atoms with Gasteiger partial charge in [-0.05, 0) is 25.0 Å². The maximum atomic E-state index is 12.0. The number of aromatic nitrogens is 1. The number of aliphatic carboxylic acids is 1. The lowest BCUT2D eigenvalue weighted by atomic mass is 9.99. The summed E-state index contributed by atoms with van der Waals surface area (Å²) in [5, 5.41) is 12.3. The molecule has 0 bridgehead atoms. The lowest BCUT2D eigenvalue weighted by molar-refractivity contribution is -0.143. The number of piperidine rings is 1. The van der Waals surface area contributed by atoms with Crippen LogP contribution in [0.25, 0.3) is 0 Å². The van der Waals surface area contributed by atoms with Gasteiger partial charge in [-0.3, -0.25) is 9.78 Å². The Morgan fingerprint density at radius 1 is 1.50 bits per heavy atom. The molecule has 0 aliphatic carbocycles. The van der Waals surface area contributed by atoms with Crippen LogP contribution in [-0.2, 0) is 11.3 Å². The van der Waals surface area contributed by atoms with Crippen molar-refractivity contribution < 1.29 is 14.7 Å². The molecule has 2 N–H and O–H groups in total. The van der Waals surface area contributed by atoms with Gasteiger partial charge < -0.3 is 15.3 Å². The summed E-state index contributed by atoms with van der Waals surface area (Å²) in [6.45, 7) is 1.14. The first kappa shape index (κ1) is 14.6. The van der Waals surface area contributed by atoms with Crippen molar-refractivity contribution in [2.45, 2.75) is 19.4 Å². The Hall–Kier alpha value is -1.82. The molecule has 0 saturated carbocycles. The standard InChI is InChI=1S/C13H16ClN3O3/c14-10-3-4-11(15-6-10)7-16-13(20)17-5-1-2-9(8-17)12(18)19/h3-4,6,9H,1-2,5,7-8H2,(H,16,20)(H,18,19). The average Bonchev–Trinajstić information content (AvgIpc) is 2.46. The van der Waals surface area contributed by atoms with E-state index in [1.165, 1.54) is 11.1 Å². The van der Waals surface area contributed by atoms with Crippen molar-refractivity contribution in [3.05, 3.63) is 29.0 Å². The summed E-state index contributed by atoms with van der Waals surface area (Å²) in [7, 11) is 0. The highest BCUT2D eigenvalue weighted by molar-refractivity contribution is 6.30. The Labute approximate surface area is 121 Å². The van der Waals surface area contributed by atoms with Gasteiger partial charge in [0, 0.05) is 19.3 Å². The highest BCUT2D eigenvalue weighted by Gasteiger charge is 2.27. The van der Waals surface area contributed by atoms with Crippen LogP contribution in [0, 0.1) is 5.92 Å². The minimum Gasteiger partial charge on any atom is -0.481 e. The lowest BCUT2D eigenvalue weighted by Gasteiger charge is -2.30. The summed E-state index contributed by atoms with van der Waals surface area (Å²) >= 11 is 5.73. The zero-order valence-corrected chi connectivity index (χ0v) is 11.6. The molecule has 1 saturated heterocycles. The second kappa shape index (κ2) is 6.56. The van der Waals surface area contributed by atoms with Gasteiger partial charge in [-0.15, -0.1) is 0 Å². The fourth-order valence-electron chi connectivity index (χ4n) is 2.15. The van der Waals surface area contributed by atoms with E-state index in [1.54, 1.807) is 12.1 Å². The molecule has 108 valence electrons. The number of carboxylic acids is 1. The van der Waals surface area contributed by atoms with Crippen LogP contribution in [0.5, 0.6) is 0 Å². The van der Waals surface area contributed by atoms with Crippen molar-refractivity contribution in [1.82, 2.24) is 15.2 Å². The van der Waals surface area contributed by atoms with E-state index in [9.17, 15) is 9.59 Å². The van der Waals surface area contributed by atoms with Crippen molar-refractivity contribution in [3.8, 4) is 0 Å². The summed E-state index contributed by atoms with van der Waals surface area (Å²) in [5.74, 6) is -1.31. The molecule has 1 atom stereocenters. The normalized spacial score (nSPS) is 18.6. The number of halogens is 1. The third kappa shape index (κ3) is 3.84. The SMILES string of the molecule is O=C(O)C1CCCN(C(=O)NCc2ccc(Cl)cn2)C1. The number of rotatable bonds is 3. The molecule has 2 amide bonds. The molecule has 1 aliphatic rings. The third-order valence-corrected chi connectivity index (χ3v) is 3.49. The van der Waals surface area contributed by atoms with Crippen LogP contribution in [0.4, 0.5) is 4.79 Å². The van der Waals surface area contributed by atoms with Crippen LogP contribution < -0.4 is 5.32 Å². The number of hydrogen-bond donors (Lipinski definition) is 2. The van der Waals surface area contributed by atoms with Crippen LogP contribution in [0.3, 0.4) is 0 Å². The molecule has 6 nitrogen and oxygen atoms in total. The Morgan fingerprint density at radius 2 is 2.30 bits per heavy atom. The number of likely N-dealkylation sites (tertiary alicyclic amines) is 1. The van der Waals surface area contributed by atoms with E-state index >= 15 is 0 Å². The summed E-state index contributed by atoms with van der Waals surface area (Å²) in [4.78, 5) is 28.5. The van der Waals surface area contributed by atoms with Crippen LogP contribution in [0.15, 0.2) is 18.3 Å². The smallest absolute Gasteiger partial charge is 0.317 e. The topological polar surface area (TPSA) is 82.5 Å². The first-order valence-corrected chi connectivity index (χ1v) is 6.80. The second-order valence-electron chi connectivity index (χ2n) is 4.75. The minimum atomic E-state index is -0.845. The van der Waals surface area contributed by atoms with E-state index in [1.807, 2.05) is 0 Å². The molecule has 1 fully saturated rings. The number of amides is 2. The number of nitrogens with one attached hydrogen (secondary N) is 1. The summed E-state index contributed by atoms with van der Waals surface area (Å²) in [6, 6.07) is 3.18. The summed E-state index contributed by atoms with van der Waals surface area (Å²) in [6.07, 6.45) is 2.85. The Kier molecular flexibility index (Phi) is 4.79. The monoisotopic (exact) mass is 297 g/mol. The van der Waals surface area contributed by atoms with Gasteiger partial charge in [0.2, 0.25) is 0 Å². The number of urea groups is 1. The lowest BCUT2D eigenvalue weighted by Crippen LogP contribution is -2.46. The maximum Gasteiger partial charge on any atom is 0.317 e. The van der Waals surface area contributed by atoms with Gasteiger partial charge in [-0.2, -0.15) is 0 Å². The van der Waals surface area contributed by atoms with E-state index in [2.05, 4.69) is 10.3 Å². The first-order chi connectivity index (χ1) is 9.56. The number of pyridine rings is 1. The Morgan fingerprint density at radius 3 is 2.95 bits per heavy atom. The van der Waals surface area contributed by atoms with E-state index in [0.29, 0.717) is 36.6 Å². The summed E-state index contributed by atoms with van der Waals surface area (Å²) < 4.78 is 0. The van der Waals surface area contributed by atoms with Gasteiger partial charge in [0.25, 0.3) is 0 Å². The Balaban J connectivity index is 1.85. The molecule has 2 rings (SSSR count). The molecular weight excluding hydrogens is 282 g/mol. The predicted molar refractivity (Wildman–Crippen MR) is 73.4 cm³/mol. The Bertz CT molecular complexity index is 492. The molecule has 2 heterocycles. The van der Waals surface area contributed by atoms with Gasteiger partial charge in [0.15, 0.2) is 0 Å². The van der Waals surface area contributed by atoms with Gasteiger partial charge in [-0.1, -0.05) is 11.6 Å². The van der Waals surface area contributed by atoms with Crippen molar-refractivity contribution in [2.24, 2.45) is 5.92 Å². The van der Waals surface area contributed by atoms with E-state index < -0.39 is 11.9 Å². The fourth-order valence-corrected chi connectivity index (χ4v) is 2.26. The number of carbonyl (C=O) groups excluding carboxylic acids is 1. The molecule has 0 radical (unpaired) electrons. The highest BCUT2D eigenvalue weighted by atomic mass is 35.5. The minimum absolute atomic E-state index is 0.257. The van der Waals surface area contributed by atoms with Crippen LogP contribution in [0.1, 0.15) is 18.5 Å². The highest BCUT2D eigenvalue weighted by Crippen LogP contribution is 2.16.